The van der Waals surface area contributed by atoms with E-state index in [1.165, 1.54) is 43.4 Å². The quantitative estimate of drug-likeness (QED) is 0.650. The fourth-order valence-electron chi connectivity index (χ4n) is 3.34. The number of quaternary nitrogens is 1. The number of halogens is 1. The van der Waals surface area contributed by atoms with Gasteiger partial charge in [-0.05, 0) is 19.3 Å². The normalized spacial score (nSPS) is 40.1. The van der Waals surface area contributed by atoms with Crippen LogP contribution in [0.25, 0.3) is 0 Å². The van der Waals surface area contributed by atoms with Gasteiger partial charge in [-0.25, -0.2) is 0 Å². The van der Waals surface area contributed by atoms with Gasteiger partial charge in [-0.3, -0.25) is 0 Å². The highest BCUT2D eigenvalue weighted by Gasteiger charge is 2.42. The van der Waals surface area contributed by atoms with Gasteiger partial charge in [0.1, 0.15) is 0 Å². The molecule has 1 nitrogen and oxygen atoms in total. The number of hydrogen-bond donors (Lipinski definition) is 0. The van der Waals surface area contributed by atoms with Crippen molar-refractivity contribution in [2.45, 2.75) is 32.6 Å². The third-order valence-corrected chi connectivity index (χ3v) is 4.48. The lowest BCUT2D eigenvalue weighted by Gasteiger charge is -2.29. The molecule has 0 aromatic heterocycles. The first-order chi connectivity index (χ1) is 7.13. The molecular weight excluding hydrogens is 206 g/mol. The van der Waals surface area contributed by atoms with Gasteiger partial charge in [-0.2, -0.15) is 0 Å². The molecule has 2 heteroatoms. The zero-order valence-corrected chi connectivity index (χ0v) is 10.8. The molecule has 0 N–H and O–H groups in total. The highest BCUT2D eigenvalue weighted by atomic mass is 35.5. The Labute approximate surface area is 98.7 Å². The van der Waals surface area contributed by atoms with Gasteiger partial charge in [-0.15, -0.1) is 0 Å². The Hall–Kier alpha value is -0.0100. The molecule has 1 saturated heterocycles. The van der Waals surface area contributed by atoms with E-state index in [0.717, 1.165) is 23.3 Å². The van der Waals surface area contributed by atoms with Crippen molar-refractivity contribution in [1.82, 2.24) is 0 Å². The molecule has 2 aliphatic rings. The third-order valence-electron chi connectivity index (χ3n) is 4.17. The van der Waals surface area contributed by atoms with Crippen LogP contribution in [0.1, 0.15) is 32.6 Å². The lowest BCUT2D eigenvalue weighted by atomic mass is 9.86. The Morgan fingerprint density at radius 3 is 2.87 bits per heavy atom. The molecule has 0 saturated carbocycles. The first-order valence-electron chi connectivity index (χ1n) is 6.31. The van der Waals surface area contributed by atoms with E-state index in [0.29, 0.717) is 0 Å². The average molecular weight is 229 g/mol. The van der Waals surface area contributed by atoms with Crippen molar-refractivity contribution in [2.75, 3.05) is 26.7 Å². The van der Waals surface area contributed by atoms with Crippen molar-refractivity contribution < 1.29 is 4.48 Å². The standard InChI is InChI=1S/C13H23ClN/c1-3-4-7-15(2)9-11-5-6-13(14)8-12(11)10-15/h6,11-12H,3-5,7-10H2,1-2H3/q+1/t11-,12-,15?/m1/s1. The highest BCUT2D eigenvalue weighted by Crippen LogP contribution is 2.39. The smallest absolute Gasteiger partial charge is 0.0821 e. The van der Waals surface area contributed by atoms with Crippen LogP contribution in [0.2, 0.25) is 0 Å². The lowest BCUT2D eigenvalue weighted by molar-refractivity contribution is -0.900. The minimum absolute atomic E-state index is 0.865. The molecule has 1 unspecified atom stereocenters. The molecule has 0 bridgehead atoms. The predicted molar refractivity (Wildman–Crippen MR) is 65.8 cm³/mol. The molecule has 86 valence electrons. The van der Waals surface area contributed by atoms with E-state index in [1.807, 2.05) is 0 Å². The molecule has 1 aliphatic carbocycles. The molecule has 15 heavy (non-hydrogen) atoms. The van der Waals surface area contributed by atoms with E-state index in [4.69, 9.17) is 11.6 Å². The first-order valence-corrected chi connectivity index (χ1v) is 6.69. The third kappa shape index (κ3) is 2.57. The van der Waals surface area contributed by atoms with E-state index in [2.05, 4.69) is 20.0 Å². The van der Waals surface area contributed by atoms with Gasteiger partial charge in [0, 0.05) is 16.9 Å². The number of nitrogens with zero attached hydrogens (tertiary/aromatic N) is 1. The Morgan fingerprint density at radius 1 is 1.40 bits per heavy atom. The zero-order chi connectivity index (χ0) is 10.9. The van der Waals surface area contributed by atoms with E-state index in [-0.39, 0.29) is 0 Å². The van der Waals surface area contributed by atoms with Crippen molar-refractivity contribution in [1.29, 1.82) is 0 Å². The van der Waals surface area contributed by atoms with Crippen LogP contribution in [0.4, 0.5) is 0 Å². The molecule has 0 spiro atoms. The Balaban J connectivity index is 1.95. The van der Waals surface area contributed by atoms with Crippen LogP contribution in [-0.4, -0.2) is 31.2 Å². The van der Waals surface area contributed by atoms with Crippen molar-refractivity contribution >= 4 is 11.6 Å². The van der Waals surface area contributed by atoms with Gasteiger partial charge >= 0.3 is 0 Å². The maximum Gasteiger partial charge on any atom is 0.0821 e. The van der Waals surface area contributed by atoms with Crippen LogP contribution < -0.4 is 0 Å². The second-order valence-corrected chi connectivity index (χ2v) is 6.16. The molecule has 0 amide bonds. The summed E-state index contributed by atoms with van der Waals surface area (Å²) in [6.07, 6.45) is 7.31. The Kier molecular flexibility index (Phi) is 3.42. The maximum atomic E-state index is 6.13. The van der Waals surface area contributed by atoms with Crippen LogP contribution in [0.5, 0.6) is 0 Å². The minimum atomic E-state index is 0.865. The van der Waals surface area contributed by atoms with Crippen molar-refractivity contribution in [3.8, 4) is 0 Å². The summed E-state index contributed by atoms with van der Waals surface area (Å²) < 4.78 is 1.29. The second kappa shape index (κ2) is 4.47. The van der Waals surface area contributed by atoms with Crippen molar-refractivity contribution in [2.24, 2.45) is 11.8 Å². The number of hydrogen-bond acceptors (Lipinski definition) is 0. The summed E-state index contributed by atoms with van der Waals surface area (Å²) in [6, 6.07) is 0. The minimum Gasteiger partial charge on any atom is -0.326 e. The molecule has 0 aromatic rings. The van der Waals surface area contributed by atoms with E-state index < -0.39 is 0 Å². The molecular formula is C13H23ClN+. The molecule has 1 fully saturated rings. The van der Waals surface area contributed by atoms with Crippen LogP contribution >= 0.6 is 11.6 Å². The zero-order valence-electron chi connectivity index (χ0n) is 10.0. The van der Waals surface area contributed by atoms with Crippen LogP contribution in [-0.2, 0) is 0 Å². The van der Waals surface area contributed by atoms with E-state index in [1.54, 1.807) is 0 Å². The molecule has 3 atom stereocenters. The van der Waals surface area contributed by atoms with E-state index >= 15 is 0 Å². The summed E-state index contributed by atoms with van der Waals surface area (Å²) in [4.78, 5) is 0. The Bertz CT molecular complexity index is 261. The Morgan fingerprint density at radius 2 is 2.13 bits per heavy atom. The van der Waals surface area contributed by atoms with Crippen LogP contribution in [0, 0.1) is 11.8 Å². The molecule has 2 rings (SSSR count). The summed E-state index contributed by atoms with van der Waals surface area (Å²) in [6.45, 7) is 6.38. The van der Waals surface area contributed by atoms with Gasteiger partial charge in [-0.1, -0.05) is 31.0 Å². The fourth-order valence-corrected chi connectivity index (χ4v) is 3.63. The fraction of sp³-hybridized carbons (Fsp3) is 0.846. The highest BCUT2D eigenvalue weighted by molar-refractivity contribution is 6.29. The summed E-state index contributed by atoms with van der Waals surface area (Å²) in [7, 11) is 2.43. The monoisotopic (exact) mass is 228 g/mol. The summed E-state index contributed by atoms with van der Waals surface area (Å²) in [5.41, 5.74) is 0. The van der Waals surface area contributed by atoms with Gasteiger partial charge in [0.05, 0.1) is 26.7 Å². The topological polar surface area (TPSA) is 0 Å². The van der Waals surface area contributed by atoms with Crippen molar-refractivity contribution in [3.05, 3.63) is 11.1 Å². The maximum absolute atomic E-state index is 6.13. The molecule has 0 aromatic carbocycles. The van der Waals surface area contributed by atoms with Gasteiger partial charge in [0.15, 0.2) is 0 Å². The number of fused-ring (bicyclic) bond motifs is 1. The first kappa shape index (κ1) is 11.5. The SMILES string of the molecule is CCCC[N+]1(C)C[C@H]2CC=C(Cl)C[C@@H]2C1. The van der Waals surface area contributed by atoms with Crippen LogP contribution in [0.15, 0.2) is 11.1 Å². The predicted octanol–water partition coefficient (Wildman–Crippen LogP) is 3.40. The van der Waals surface area contributed by atoms with Crippen LogP contribution in [0.3, 0.4) is 0 Å². The average Bonchev–Trinajstić information content (AvgIpc) is 2.51. The molecule has 1 heterocycles. The number of likely N-dealkylation sites (tertiary alicyclic amines) is 1. The number of allylic oxidation sites excluding steroid dienone is 2. The second-order valence-electron chi connectivity index (χ2n) is 5.67. The van der Waals surface area contributed by atoms with Crippen molar-refractivity contribution in [3.63, 3.8) is 0 Å². The summed E-state index contributed by atoms with van der Waals surface area (Å²) >= 11 is 6.13. The van der Waals surface area contributed by atoms with Gasteiger partial charge < -0.3 is 4.48 Å². The largest absolute Gasteiger partial charge is 0.326 e. The lowest BCUT2D eigenvalue weighted by Crippen LogP contribution is -2.42. The van der Waals surface area contributed by atoms with Gasteiger partial charge in [0.25, 0.3) is 0 Å². The summed E-state index contributed by atoms with van der Waals surface area (Å²) in [5, 5.41) is 1.11. The van der Waals surface area contributed by atoms with E-state index in [9.17, 15) is 0 Å². The number of unbranched alkanes of at least 4 members (excludes halogenated alkanes) is 1. The number of rotatable bonds is 3. The molecule has 0 radical (unpaired) electrons. The van der Waals surface area contributed by atoms with Gasteiger partial charge in [0.2, 0.25) is 0 Å². The molecule has 1 aliphatic heterocycles. The summed E-state index contributed by atoms with van der Waals surface area (Å²) in [5.74, 6) is 1.78.